The SMILES string of the molecule is O=C1CCC(N2Cc3cc(NC(=O)NC(c4ccccc4)C4CCCO4)ccc3C2=O)C(=O)N1. The molecule has 3 atom stereocenters. The van der Waals surface area contributed by atoms with Crippen LogP contribution in [0, 0.1) is 0 Å². The van der Waals surface area contributed by atoms with Gasteiger partial charge in [-0.15, -0.1) is 0 Å². The molecule has 34 heavy (non-hydrogen) atoms. The Balaban J connectivity index is 1.27. The van der Waals surface area contributed by atoms with Crippen molar-refractivity contribution in [3.05, 3.63) is 65.2 Å². The highest BCUT2D eigenvalue weighted by Gasteiger charge is 2.39. The van der Waals surface area contributed by atoms with E-state index in [1.54, 1.807) is 18.2 Å². The molecule has 0 bridgehead atoms. The molecule has 2 aromatic carbocycles. The maximum absolute atomic E-state index is 12.9. The Bertz CT molecular complexity index is 1130. The number of piperidine rings is 1. The van der Waals surface area contributed by atoms with Crippen LogP contribution < -0.4 is 16.0 Å². The predicted octanol–water partition coefficient (Wildman–Crippen LogP) is 2.49. The zero-order valence-electron chi connectivity index (χ0n) is 18.6. The molecular formula is C25H26N4O5. The van der Waals surface area contributed by atoms with Gasteiger partial charge in [-0.2, -0.15) is 0 Å². The largest absolute Gasteiger partial charge is 0.376 e. The highest BCUT2D eigenvalue weighted by atomic mass is 16.5. The van der Waals surface area contributed by atoms with Crippen LogP contribution in [0.2, 0.25) is 0 Å². The van der Waals surface area contributed by atoms with Crippen molar-refractivity contribution >= 4 is 29.4 Å². The Morgan fingerprint density at radius 3 is 2.65 bits per heavy atom. The van der Waals surface area contributed by atoms with E-state index in [2.05, 4.69) is 16.0 Å². The summed E-state index contributed by atoms with van der Waals surface area (Å²) in [6.07, 6.45) is 2.25. The number of urea groups is 1. The number of rotatable bonds is 5. The number of carbonyl (C=O) groups excluding carboxylic acids is 4. The summed E-state index contributed by atoms with van der Waals surface area (Å²) in [7, 11) is 0. The Hall–Kier alpha value is -3.72. The number of fused-ring (bicyclic) bond motifs is 1. The van der Waals surface area contributed by atoms with Crippen LogP contribution >= 0.6 is 0 Å². The first-order valence-electron chi connectivity index (χ1n) is 11.5. The van der Waals surface area contributed by atoms with Crippen LogP contribution in [0.1, 0.15) is 53.2 Å². The van der Waals surface area contributed by atoms with Crippen molar-refractivity contribution in [2.75, 3.05) is 11.9 Å². The number of nitrogens with one attached hydrogen (secondary N) is 3. The number of anilines is 1. The van der Waals surface area contributed by atoms with Crippen molar-refractivity contribution in [1.29, 1.82) is 0 Å². The van der Waals surface area contributed by atoms with E-state index in [-0.39, 0.29) is 43.0 Å². The topological polar surface area (TPSA) is 117 Å². The second kappa shape index (κ2) is 9.26. The van der Waals surface area contributed by atoms with Gasteiger partial charge in [0.2, 0.25) is 11.8 Å². The minimum Gasteiger partial charge on any atom is -0.376 e. The van der Waals surface area contributed by atoms with Crippen LogP contribution in [0.4, 0.5) is 10.5 Å². The maximum atomic E-state index is 12.9. The summed E-state index contributed by atoms with van der Waals surface area (Å²) in [6, 6.07) is 13.5. The molecule has 3 N–H and O–H groups in total. The molecule has 9 nitrogen and oxygen atoms in total. The molecule has 5 amide bonds. The van der Waals surface area contributed by atoms with E-state index in [0.717, 1.165) is 24.0 Å². The molecule has 3 aliphatic rings. The monoisotopic (exact) mass is 462 g/mol. The van der Waals surface area contributed by atoms with Crippen LogP contribution in [0.15, 0.2) is 48.5 Å². The molecule has 3 unspecified atom stereocenters. The van der Waals surface area contributed by atoms with Gasteiger partial charge in [0.25, 0.3) is 5.91 Å². The van der Waals surface area contributed by atoms with E-state index < -0.39 is 11.9 Å². The Kier molecular flexibility index (Phi) is 6.02. The van der Waals surface area contributed by atoms with E-state index in [1.807, 2.05) is 30.3 Å². The third kappa shape index (κ3) is 4.38. The molecule has 2 fully saturated rings. The second-order valence-corrected chi connectivity index (χ2v) is 8.81. The molecule has 9 heteroatoms. The van der Waals surface area contributed by atoms with Gasteiger partial charge in [0.05, 0.1) is 12.1 Å². The minimum atomic E-state index is -0.671. The summed E-state index contributed by atoms with van der Waals surface area (Å²) in [5.41, 5.74) is 2.75. The van der Waals surface area contributed by atoms with Gasteiger partial charge in [-0.05, 0) is 48.6 Å². The van der Waals surface area contributed by atoms with E-state index in [0.29, 0.717) is 24.3 Å². The number of benzene rings is 2. The smallest absolute Gasteiger partial charge is 0.319 e. The Morgan fingerprint density at radius 1 is 1.09 bits per heavy atom. The van der Waals surface area contributed by atoms with E-state index in [4.69, 9.17) is 4.74 Å². The van der Waals surface area contributed by atoms with Gasteiger partial charge in [0.15, 0.2) is 0 Å². The summed E-state index contributed by atoms with van der Waals surface area (Å²) in [5.74, 6) is -1.01. The number of carbonyl (C=O) groups is 4. The molecule has 5 rings (SSSR count). The fourth-order valence-electron chi connectivity index (χ4n) is 4.88. The normalized spacial score (nSPS) is 22.8. The number of ether oxygens (including phenoxy) is 1. The van der Waals surface area contributed by atoms with Gasteiger partial charge < -0.3 is 20.3 Å². The van der Waals surface area contributed by atoms with Crippen molar-refractivity contribution in [3.8, 4) is 0 Å². The fraction of sp³-hybridized carbons (Fsp3) is 0.360. The molecule has 0 radical (unpaired) electrons. The third-order valence-electron chi connectivity index (χ3n) is 6.56. The quantitative estimate of drug-likeness (QED) is 0.591. The Morgan fingerprint density at radius 2 is 1.91 bits per heavy atom. The van der Waals surface area contributed by atoms with Crippen LogP contribution in [0.5, 0.6) is 0 Å². The van der Waals surface area contributed by atoms with Crippen molar-refractivity contribution in [2.24, 2.45) is 0 Å². The van der Waals surface area contributed by atoms with E-state index in [1.165, 1.54) is 4.90 Å². The molecule has 2 saturated heterocycles. The second-order valence-electron chi connectivity index (χ2n) is 8.81. The fourth-order valence-corrected chi connectivity index (χ4v) is 4.88. The lowest BCUT2D eigenvalue weighted by Gasteiger charge is -2.29. The van der Waals surface area contributed by atoms with Crippen molar-refractivity contribution in [1.82, 2.24) is 15.5 Å². The first-order chi connectivity index (χ1) is 16.5. The number of amides is 5. The van der Waals surface area contributed by atoms with Crippen LogP contribution in [-0.4, -0.2) is 47.4 Å². The van der Waals surface area contributed by atoms with Crippen LogP contribution in [-0.2, 0) is 20.9 Å². The number of hydrogen-bond acceptors (Lipinski definition) is 5. The highest BCUT2D eigenvalue weighted by Crippen LogP contribution is 2.30. The zero-order valence-corrected chi connectivity index (χ0v) is 18.6. The van der Waals surface area contributed by atoms with Gasteiger partial charge in [-0.25, -0.2) is 4.79 Å². The van der Waals surface area contributed by atoms with Crippen molar-refractivity contribution in [3.63, 3.8) is 0 Å². The van der Waals surface area contributed by atoms with Crippen LogP contribution in [0.3, 0.4) is 0 Å². The molecule has 3 heterocycles. The lowest BCUT2D eigenvalue weighted by Crippen LogP contribution is -2.52. The number of imide groups is 1. The summed E-state index contributed by atoms with van der Waals surface area (Å²) < 4.78 is 5.84. The van der Waals surface area contributed by atoms with Gasteiger partial charge in [-0.1, -0.05) is 30.3 Å². The lowest BCUT2D eigenvalue weighted by atomic mass is 9.99. The van der Waals surface area contributed by atoms with Gasteiger partial charge in [0.1, 0.15) is 6.04 Å². The number of nitrogens with zero attached hydrogens (tertiary/aromatic N) is 1. The molecule has 0 spiro atoms. The van der Waals surface area contributed by atoms with Crippen LogP contribution in [0.25, 0.3) is 0 Å². The number of hydrogen-bond donors (Lipinski definition) is 3. The maximum Gasteiger partial charge on any atom is 0.319 e. The summed E-state index contributed by atoms with van der Waals surface area (Å²) in [5, 5.41) is 8.19. The van der Waals surface area contributed by atoms with Crippen molar-refractivity contribution < 1.29 is 23.9 Å². The van der Waals surface area contributed by atoms with Gasteiger partial charge >= 0.3 is 6.03 Å². The minimum absolute atomic E-state index is 0.0899. The highest BCUT2D eigenvalue weighted by molar-refractivity contribution is 6.05. The molecule has 2 aromatic rings. The Labute approximate surface area is 196 Å². The third-order valence-corrected chi connectivity index (χ3v) is 6.56. The predicted molar refractivity (Wildman–Crippen MR) is 123 cm³/mol. The average Bonchev–Trinajstić information content (AvgIpc) is 3.47. The molecule has 0 aromatic heterocycles. The first kappa shape index (κ1) is 22.1. The summed E-state index contributed by atoms with van der Waals surface area (Å²) in [6.45, 7) is 0.931. The van der Waals surface area contributed by atoms with Crippen molar-refractivity contribution in [2.45, 2.75) is 50.4 Å². The molecule has 0 saturated carbocycles. The molecule has 176 valence electrons. The molecule has 0 aliphatic carbocycles. The first-order valence-corrected chi connectivity index (χ1v) is 11.5. The summed E-state index contributed by atoms with van der Waals surface area (Å²) in [4.78, 5) is 50.9. The van der Waals surface area contributed by atoms with E-state index >= 15 is 0 Å². The summed E-state index contributed by atoms with van der Waals surface area (Å²) >= 11 is 0. The average molecular weight is 463 g/mol. The molecular weight excluding hydrogens is 436 g/mol. The van der Waals surface area contributed by atoms with Gasteiger partial charge in [-0.3, -0.25) is 19.7 Å². The van der Waals surface area contributed by atoms with E-state index in [9.17, 15) is 19.2 Å². The van der Waals surface area contributed by atoms with Gasteiger partial charge in [0, 0.05) is 30.8 Å². The zero-order chi connectivity index (χ0) is 23.7. The lowest BCUT2D eigenvalue weighted by molar-refractivity contribution is -0.136. The molecule has 3 aliphatic heterocycles. The standard InChI is InChI=1S/C25H26N4O5/c30-21-11-10-19(23(31)27-21)29-14-16-13-17(8-9-18(16)24(29)32)26-25(33)28-22(20-7-4-12-34-20)15-5-2-1-3-6-15/h1-3,5-6,8-9,13,19-20,22H,4,7,10-12,14H2,(H2,26,28,33)(H,27,30,31).